The smallest absolute Gasteiger partial charge is 0.416 e. The summed E-state index contributed by atoms with van der Waals surface area (Å²) in [4.78, 5) is 10.4. The molecule has 0 heterocycles. The Morgan fingerprint density at radius 3 is 2.50 bits per heavy atom. The lowest BCUT2D eigenvalue weighted by molar-refractivity contribution is -0.138. The highest BCUT2D eigenvalue weighted by molar-refractivity contribution is 6.31. The van der Waals surface area contributed by atoms with Gasteiger partial charge in [0.1, 0.15) is 5.75 Å². The summed E-state index contributed by atoms with van der Waals surface area (Å²) in [6.45, 7) is 0. The molecule has 0 aromatic heterocycles. The van der Waals surface area contributed by atoms with Gasteiger partial charge in [0.25, 0.3) is 0 Å². The van der Waals surface area contributed by atoms with Gasteiger partial charge in [-0.3, -0.25) is 4.79 Å². The first kappa shape index (κ1) is 14.6. The zero-order valence-electron chi connectivity index (χ0n) is 9.34. The molecule has 0 unspecified atom stereocenters. The van der Waals surface area contributed by atoms with Crippen molar-refractivity contribution in [3.8, 4) is 5.75 Å². The van der Waals surface area contributed by atoms with E-state index in [1.165, 1.54) is 7.11 Å². The first-order valence-electron chi connectivity index (χ1n) is 4.91. The summed E-state index contributed by atoms with van der Waals surface area (Å²) >= 11 is 5.73. The number of alkyl halides is 3. The number of rotatable bonds is 4. The van der Waals surface area contributed by atoms with Crippen molar-refractivity contribution in [2.24, 2.45) is 0 Å². The van der Waals surface area contributed by atoms with Gasteiger partial charge in [-0.15, -0.1) is 0 Å². The summed E-state index contributed by atoms with van der Waals surface area (Å²) < 4.78 is 42.4. The zero-order valence-corrected chi connectivity index (χ0v) is 10.1. The van der Waals surface area contributed by atoms with Gasteiger partial charge >= 0.3 is 12.1 Å². The quantitative estimate of drug-likeness (QED) is 0.921. The average molecular weight is 283 g/mol. The summed E-state index contributed by atoms with van der Waals surface area (Å²) in [6, 6.07) is 1.57. The minimum atomic E-state index is -4.53. The molecule has 0 aliphatic rings. The Labute approximate surface area is 106 Å². The van der Waals surface area contributed by atoms with Crippen LogP contribution in [0.1, 0.15) is 17.5 Å². The molecule has 0 amide bonds. The molecule has 0 saturated heterocycles. The van der Waals surface area contributed by atoms with Crippen LogP contribution in [0.15, 0.2) is 12.1 Å². The minimum absolute atomic E-state index is 0.00940. The van der Waals surface area contributed by atoms with Gasteiger partial charge in [-0.05, 0) is 18.6 Å². The van der Waals surface area contributed by atoms with E-state index in [2.05, 4.69) is 0 Å². The number of aliphatic carboxylic acids is 1. The van der Waals surface area contributed by atoms with Crippen LogP contribution in [0.25, 0.3) is 0 Å². The fraction of sp³-hybridized carbons (Fsp3) is 0.364. The van der Waals surface area contributed by atoms with Gasteiger partial charge < -0.3 is 9.84 Å². The highest BCUT2D eigenvalue weighted by Crippen LogP contribution is 2.37. The van der Waals surface area contributed by atoms with Crippen molar-refractivity contribution in [3.63, 3.8) is 0 Å². The Kier molecular flexibility index (Phi) is 4.45. The molecule has 1 aromatic carbocycles. The predicted octanol–water partition coefficient (Wildman–Crippen LogP) is 3.38. The van der Waals surface area contributed by atoms with Crippen LogP contribution in [0.3, 0.4) is 0 Å². The Morgan fingerprint density at radius 1 is 1.44 bits per heavy atom. The molecule has 0 radical (unpaired) electrons. The summed E-state index contributed by atoms with van der Waals surface area (Å²) in [5.41, 5.74) is -0.669. The molecule has 100 valence electrons. The largest absolute Gasteiger partial charge is 0.496 e. The summed E-state index contributed by atoms with van der Waals surface area (Å²) in [7, 11) is 1.20. The lowest BCUT2D eigenvalue weighted by Crippen LogP contribution is -2.07. The molecule has 0 aliphatic carbocycles. The third-order valence-electron chi connectivity index (χ3n) is 2.29. The number of carboxylic acid groups (broad SMARTS) is 1. The zero-order chi connectivity index (χ0) is 13.9. The van der Waals surface area contributed by atoms with Gasteiger partial charge in [0.05, 0.1) is 12.7 Å². The van der Waals surface area contributed by atoms with Crippen LogP contribution in [0.4, 0.5) is 13.2 Å². The SMILES string of the molecule is COc1cc(C(F)(F)F)cc(Cl)c1CCC(=O)O. The number of carbonyl (C=O) groups is 1. The number of ether oxygens (including phenoxy) is 1. The maximum Gasteiger partial charge on any atom is 0.416 e. The number of carboxylic acids is 1. The summed E-state index contributed by atoms with van der Waals surface area (Å²) in [5, 5.41) is 8.40. The Morgan fingerprint density at radius 2 is 2.06 bits per heavy atom. The number of hydrogen-bond donors (Lipinski definition) is 1. The van der Waals surface area contributed by atoms with Crippen LogP contribution < -0.4 is 4.74 Å². The maximum absolute atomic E-state index is 12.5. The molecule has 1 N–H and O–H groups in total. The lowest BCUT2D eigenvalue weighted by Gasteiger charge is -2.14. The van der Waals surface area contributed by atoms with Crippen molar-refractivity contribution in [2.75, 3.05) is 7.11 Å². The van der Waals surface area contributed by atoms with Crippen LogP contribution in [0.5, 0.6) is 5.75 Å². The minimum Gasteiger partial charge on any atom is -0.496 e. The maximum atomic E-state index is 12.5. The topological polar surface area (TPSA) is 46.5 Å². The molecule has 0 fully saturated rings. The Bertz CT molecular complexity index is 458. The van der Waals surface area contributed by atoms with E-state index in [9.17, 15) is 18.0 Å². The van der Waals surface area contributed by atoms with E-state index < -0.39 is 17.7 Å². The predicted molar refractivity (Wildman–Crippen MR) is 59.0 cm³/mol. The standard InChI is InChI=1S/C11H10ClF3O3/c1-18-9-5-6(11(13,14)15)4-8(12)7(9)2-3-10(16)17/h4-5H,2-3H2,1H3,(H,16,17). The van der Waals surface area contributed by atoms with E-state index in [1.54, 1.807) is 0 Å². The molecular formula is C11H10ClF3O3. The number of halogens is 4. The molecule has 1 aromatic rings. The van der Waals surface area contributed by atoms with Gasteiger partial charge in [0.15, 0.2) is 0 Å². The first-order chi connectivity index (χ1) is 8.25. The van der Waals surface area contributed by atoms with E-state index in [1.807, 2.05) is 0 Å². The molecule has 3 nitrogen and oxygen atoms in total. The molecule has 0 bridgehead atoms. The molecule has 0 saturated carbocycles. The van der Waals surface area contributed by atoms with Crippen LogP contribution in [0.2, 0.25) is 5.02 Å². The van der Waals surface area contributed by atoms with Gasteiger partial charge in [-0.25, -0.2) is 0 Å². The monoisotopic (exact) mass is 282 g/mol. The molecule has 0 atom stereocenters. The van der Waals surface area contributed by atoms with E-state index in [-0.39, 0.29) is 29.2 Å². The van der Waals surface area contributed by atoms with Crippen molar-refractivity contribution in [1.29, 1.82) is 0 Å². The highest BCUT2D eigenvalue weighted by Gasteiger charge is 2.32. The van der Waals surface area contributed by atoms with Crippen molar-refractivity contribution in [3.05, 3.63) is 28.3 Å². The Hall–Kier alpha value is -1.43. The fourth-order valence-corrected chi connectivity index (χ4v) is 1.74. The van der Waals surface area contributed by atoms with Crippen molar-refractivity contribution < 1.29 is 27.8 Å². The normalized spacial score (nSPS) is 11.4. The highest BCUT2D eigenvalue weighted by atomic mass is 35.5. The molecule has 7 heteroatoms. The van der Waals surface area contributed by atoms with Crippen LogP contribution >= 0.6 is 11.6 Å². The number of hydrogen-bond acceptors (Lipinski definition) is 2. The molecule has 0 aliphatic heterocycles. The van der Waals surface area contributed by atoms with Crippen molar-refractivity contribution in [2.45, 2.75) is 19.0 Å². The van der Waals surface area contributed by atoms with Crippen LogP contribution in [0, 0.1) is 0 Å². The third kappa shape index (κ3) is 3.53. The van der Waals surface area contributed by atoms with E-state index in [0.717, 1.165) is 12.1 Å². The Balaban J connectivity index is 3.16. The lowest BCUT2D eigenvalue weighted by atomic mass is 10.1. The van der Waals surface area contributed by atoms with Gasteiger partial charge in [0.2, 0.25) is 0 Å². The van der Waals surface area contributed by atoms with E-state index in [4.69, 9.17) is 21.4 Å². The summed E-state index contributed by atoms with van der Waals surface area (Å²) in [5.74, 6) is -1.12. The molecule has 1 rings (SSSR count). The van der Waals surface area contributed by atoms with Crippen molar-refractivity contribution in [1.82, 2.24) is 0 Å². The van der Waals surface area contributed by atoms with Gasteiger partial charge in [-0.2, -0.15) is 13.2 Å². The molecular weight excluding hydrogens is 273 g/mol. The average Bonchev–Trinajstić information content (AvgIpc) is 2.24. The van der Waals surface area contributed by atoms with E-state index >= 15 is 0 Å². The van der Waals surface area contributed by atoms with Crippen LogP contribution in [-0.2, 0) is 17.4 Å². The van der Waals surface area contributed by atoms with Crippen LogP contribution in [-0.4, -0.2) is 18.2 Å². The second kappa shape index (κ2) is 5.48. The van der Waals surface area contributed by atoms with Gasteiger partial charge in [0, 0.05) is 17.0 Å². The molecule has 18 heavy (non-hydrogen) atoms. The first-order valence-corrected chi connectivity index (χ1v) is 5.29. The second-order valence-electron chi connectivity index (χ2n) is 3.53. The fourth-order valence-electron chi connectivity index (χ4n) is 1.43. The van der Waals surface area contributed by atoms with E-state index in [0.29, 0.717) is 0 Å². The third-order valence-corrected chi connectivity index (χ3v) is 2.63. The second-order valence-corrected chi connectivity index (χ2v) is 3.94. The number of methoxy groups -OCH3 is 1. The molecule has 0 spiro atoms. The number of benzene rings is 1. The summed E-state index contributed by atoms with van der Waals surface area (Å²) in [6.07, 6.45) is -4.75. The van der Waals surface area contributed by atoms with Gasteiger partial charge in [-0.1, -0.05) is 11.6 Å². The van der Waals surface area contributed by atoms with Crippen molar-refractivity contribution >= 4 is 17.6 Å².